The lowest BCUT2D eigenvalue weighted by Gasteiger charge is -2.05. The van der Waals surface area contributed by atoms with Gasteiger partial charge in [-0.1, -0.05) is 12.1 Å². The Morgan fingerprint density at radius 1 is 0.692 bits per heavy atom. The van der Waals surface area contributed by atoms with E-state index in [1.165, 1.54) is 12.1 Å². The van der Waals surface area contributed by atoms with Crippen LogP contribution in [0.15, 0.2) is 36.4 Å². The van der Waals surface area contributed by atoms with Gasteiger partial charge in [-0.05, 0) is 49.2 Å². The number of carboxylic acids is 2. The molecule has 26 heavy (non-hydrogen) atoms. The summed E-state index contributed by atoms with van der Waals surface area (Å²) in [4.78, 5) is 22.1. The molecular formula is C18H14N4O4. The SMILES string of the molecule is Cc1cc(-c2nnc(-c3ccc(C(=O)O)c(C)c3)nn2)ccc1C(=O)O. The number of carbonyl (C=O) groups is 2. The van der Waals surface area contributed by atoms with Crippen molar-refractivity contribution in [2.45, 2.75) is 13.8 Å². The number of nitrogens with zero attached hydrogens (tertiary/aromatic N) is 4. The van der Waals surface area contributed by atoms with Gasteiger partial charge in [0, 0.05) is 11.1 Å². The molecule has 1 aromatic heterocycles. The molecule has 0 aliphatic heterocycles. The molecule has 0 spiro atoms. The van der Waals surface area contributed by atoms with Gasteiger partial charge in [0.1, 0.15) is 0 Å². The maximum Gasteiger partial charge on any atom is 0.335 e. The van der Waals surface area contributed by atoms with E-state index >= 15 is 0 Å². The molecule has 0 aliphatic rings. The second-order valence-electron chi connectivity index (χ2n) is 5.72. The molecule has 0 saturated carbocycles. The van der Waals surface area contributed by atoms with Gasteiger partial charge >= 0.3 is 11.9 Å². The largest absolute Gasteiger partial charge is 0.478 e. The Labute approximate surface area is 148 Å². The molecule has 0 amide bonds. The molecule has 0 saturated heterocycles. The zero-order chi connectivity index (χ0) is 18.8. The number of carboxylic acid groups (broad SMARTS) is 2. The van der Waals surface area contributed by atoms with Crippen molar-refractivity contribution in [2.24, 2.45) is 0 Å². The van der Waals surface area contributed by atoms with Gasteiger partial charge in [-0.25, -0.2) is 9.59 Å². The summed E-state index contributed by atoms with van der Waals surface area (Å²) in [5.41, 5.74) is 2.80. The van der Waals surface area contributed by atoms with Gasteiger partial charge in [0.15, 0.2) is 0 Å². The van der Waals surface area contributed by atoms with Crippen LogP contribution < -0.4 is 0 Å². The molecule has 0 aliphatic carbocycles. The lowest BCUT2D eigenvalue weighted by atomic mass is 10.0. The molecule has 2 N–H and O–H groups in total. The minimum atomic E-state index is -0.998. The summed E-state index contributed by atoms with van der Waals surface area (Å²) in [6.07, 6.45) is 0. The van der Waals surface area contributed by atoms with Crippen molar-refractivity contribution in [2.75, 3.05) is 0 Å². The van der Waals surface area contributed by atoms with E-state index in [0.29, 0.717) is 22.3 Å². The first-order valence-corrected chi connectivity index (χ1v) is 7.63. The number of aromatic nitrogens is 4. The third-order valence-electron chi connectivity index (χ3n) is 3.91. The zero-order valence-corrected chi connectivity index (χ0v) is 14.0. The van der Waals surface area contributed by atoms with Crippen LogP contribution >= 0.6 is 0 Å². The Morgan fingerprint density at radius 2 is 1.04 bits per heavy atom. The van der Waals surface area contributed by atoms with Crippen molar-refractivity contribution in [1.29, 1.82) is 0 Å². The first-order valence-electron chi connectivity index (χ1n) is 7.63. The maximum atomic E-state index is 11.1. The molecule has 1 heterocycles. The molecule has 3 aromatic rings. The highest BCUT2D eigenvalue weighted by Gasteiger charge is 2.13. The highest BCUT2D eigenvalue weighted by molar-refractivity contribution is 5.90. The number of aryl methyl sites for hydroxylation is 2. The lowest BCUT2D eigenvalue weighted by Crippen LogP contribution is -2.03. The highest BCUT2D eigenvalue weighted by atomic mass is 16.4. The van der Waals surface area contributed by atoms with Crippen LogP contribution in [0, 0.1) is 13.8 Å². The number of rotatable bonds is 4. The summed E-state index contributed by atoms with van der Waals surface area (Å²) < 4.78 is 0. The van der Waals surface area contributed by atoms with E-state index in [0.717, 1.165) is 0 Å². The van der Waals surface area contributed by atoms with E-state index in [1.807, 2.05) is 0 Å². The monoisotopic (exact) mass is 350 g/mol. The molecule has 2 aromatic carbocycles. The van der Waals surface area contributed by atoms with Crippen LogP contribution in [0.4, 0.5) is 0 Å². The average molecular weight is 350 g/mol. The summed E-state index contributed by atoms with van der Waals surface area (Å²) in [5, 5.41) is 34.3. The van der Waals surface area contributed by atoms with Gasteiger partial charge in [-0.3, -0.25) is 0 Å². The summed E-state index contributed by atoms with van der Waals surface area (Å²) >= 11 is 0. The highest BCUT2D eigenvalue weighted by Crippen LogP contribution is 2.21. The molecule has 8 heteroatoms. The Balaban J connectivity index is 1.92. The van der Waals surface area contributed by atoms with E-state index in [4.69, 9.17) is 10.2 Å². The molecule has 8 nitrogen and oxygen atoms in total. The Morgan fingerprint density at radius 3 is 1.31 bits per heavy atom. The fourth-order valence-corrected chi connectivity index (χ4v) is 2.55. The van der Waals surface area contributed by atoms with Crippen LogP contribution in [0.5, 0.6) is 0 Å². The van der Waals surface area contributed by atoms with Crippen LogP contribution in [-0.4, -0.2) is 42.5 Å². The van der Waals surface area contributed by atoms with E-state index in [9.17, 15) is 9.59 Å². The van der Waals surface area contributed by atoms with Crippen LogP contribution in [0.1, 0.15) is 31.8 Å². The van der Waals surface area contributed by atoms with E-state index < -0.39 is 11.9 Å². The van der Waals surface area contributed by atoms with Gasteiger partial charge < -0.3 is 10.2 Å². The fourth-order valence-electron chi connectivity index (χ4n) is 2.55. The van der Waals surface area contributed by atoms with Crippen molar-refractivity contribution >= 4 is 11.9 Å². The third kappa shape index (κ3) is 3.25. The van der Waals surface area contributed by atoms with Crippen LogP contribution in [0.3, 0.4) is 0 Å². The van der Waals surface area contributed by atoms with Gasteiger partial charge in [0.2, 0.25) is 11.6 Å². The topological polar surface area (TPSA) is 126 Å². The Kier molecular flexibility index (Phi) is 4.40. The smallest absolute Gasteiger partial charge is 0.335 e. The van der Waals surface area contributed by atoms with Crippen LogP contribution in [0.25, 0.3) is 22.8 Å². The number of benzene rings is 2. The summed E-state index contributed by atoms with van der Waals surface area (Å²) in [5.74, 6) is -1.45. The second kappa shape index (κ2) is 6.67. The van der Waals surface area contributed by atoms with Gasteiger partial charge in [-0.2, -0.15) is 0 Å². The van der Waals surface area contributed by atoms with Gasteiger partial charge in [0.25, 0.3) is 0 Å². The van der Waals surface area contributed by atoms with E-state index in [-0.39, 0.29) is 22.8 Å². The minimum absolute atomic E-state index is 0.209. The van der Waals surface area contributed by atoms with Crippen molar-refractivity contribution in [3.05, 3.63) is 58.7 Å². The predicted octanol–water partition coefficient (Wildman–Crippen LogP) is 2.61. The Hall–Kier alpha value is -3.68. The van der Waals surface area contributed by atoms with Crippen LogP contribution in [-0.2, 0) is 0 Å². The Bertz CT molecular complexity index is 934. The molecule has 0 atom stereocenters. The molecule has 0 bridgehead atoms. The van der Waals surface area contributed by atoms with E-state index in [1.54, 1.807) is 38.1 Å². The summed E-state index contributed by atoms with van der Waals surface area (Å²) in [7, 11) is 0. The quantitative estimate of drug-likeness (QED) is 0.735. The first-order chi connectivity index (χ1) is 12.4. The third-order valence-corrected chi connectivity index (χ3v) is 3.91. The number of aromatic carboxylic acids is 2. The fraction of sp³-hybridized carbons (Fsp3) is 0.111. The first kappa shape index (κ1) is 17.2. The molecular weight excluding hydrogens is 336 g/mol. The number of hydrogen-bond donors (Lipinski definition) is 2. The molecule has 130 valence electrons. The lowest BCUT2D eigenvalue weighted by molar-refractivity contribution is 0.0685. The zero-order valence-electron chi connectivity index (χ0n) is 14.0. The summed E-state index contributed by atoms with van der Waals surface area (Å²) in [6, 6.07) is 9.49. The van der Waals surface area contributed by atoms with Gasteiger partial charge in [-0.15, -0.1) is 20.4 Å². The van der Waals surface area contributed by atoms with Crippen LogP contribution in [0.2, 0.25) is 0 Å². The predicted molar refractivity (Wildman–Crippen MR) is 91.9 cm³/mol. The van der Waals surface area contributed by atoms with Crippen molar-refractivity contribution in [3.63, 3.8) is 0 Å². The second-order valence-corrected chi connectivity index (χ2v) is 5.72. The molecule has 0 unspecified atom stereocenters. The average Bonchev–Trinajstić information content (AvgIpc) is 2.61. The normalized spacial score (nSPS) is 10.5. The van der Waals surface area contributed by atoms with E-state index in [2.05, 4.69) is 20.4 Å². The number of hydrogen-bond acceptors (Lipinski definition) is 6. The molecule has 3 rings (SSSR count). The van der Waals surface area contributed by atoms with Crippen molar-refractivity contribution in [3.8, 4) is 22.8 Å². The minimum Gasteiger partial charge on any atom is -0.478 e. The van der Waals surface area contributed by atoms with Gasteiger partial charge in [0.05, 0.1) is 11.1 Å². The van der Waals surface area contributed by atoms with Crippen molar-refractivity contribution < 1.29 is 19.8 Å². The molecule has 0 fully saturated rings. The van der Waals surface area contributed by atoms with Crippen molar-refractivity contribution in [1.82, 2.24) is 20.4 Å². The molecule has 0 radical (unpaired) electrons. The standard InChI is InChI=1S/C18H14N4O4/c1-9-7-11(3-5-13(9)17(23)24)15-19-21-16(22-20-15)12-4-6-14(18(25)26)10(2)8-12/h3-8H,1-2H3,(H,23,24)(H,25,26). The maximum absolute atomic E-state index is 11.1. The summed E-state index contributed by atoms with van der Waals surface area (Å²) in [6.45, 7) is 3.38.